The third-order valence-electron chi connectivity index (χ3n) is 6.19. The van der Waals surface area contributed by atoms with Gasteiger partial charge in [-0.05, 0) is 79.0 Å². The Morgan fingerprint density at radius 1 is 1.00 bits per heavy atom. The Kier molecular flexibility index (Phi) is 6.43. The molecule has 0 spiro atoms. The minimum atomic E-state index is 0.211. The molecule has 1 aliphatic heterocycles. The summed E-state index contributed by atoms with van der Waals surface area (Å²) in [7, 11) is 0. The Hall–Kier alpha value is -2.42. The van der Waals surface area contributed by atoms with Crippen molar-refractivity contribution in [3.05, 3.63) is 95.1 Å². The predicted octanol–water partition coefficient (Wildman–Crippen LogP) is 5.40. The highest BCUT2D eigenvalue weighted by Crippen LogP contribution is 2.38. The summed E-state index contributed by atoms with van der Waals surface area (Å²) < 4.78 is 0. The second kappa shape index (κ2) is 9.39. The molecule has 2 aromatic carbocycles. The van der Waals surface area contributed by atoms with Crippen molar-refractivity contribution < 1.29 is 5.11 Å². The molecule has 1 saturated heterocycles. The largest absolute Gasteiger partial charge is 0.396 e. The lowest BCUT2D eigenvalue weighted by Crippen LogP contribution is -2.45. The molecule has 0 amide bonds. The Morgan fingerprint density at radius 2 is 1.76 bits per heavy atom. The molecule has 0 radical (unpaired) electrons. The highest BCUT2D eigenvalue weighted by Gasteiger charge is 2.26. The van der Waals surface area contributed by atoms with Crippen molar-refractivity contribution in [2.45, 2.75) is 26.2 Å². The van der Waals surface area contributed by atoms with E-state index in [1.165, 1.54) is 33.4 Å². The van der Waals surface area contributed by atoms with Crippen LogP contribution in [0.2, 0.25) is 0 Å². The van der Waals surface area contributed by atoms with Crippen molar-refractivity contribution in [3.63, 3.8) is 0 Å². The molecule has 2 aromatic rings. The summed E-state index contributed by atoms with van der Waals surface area (Å²) in [5.74, 6) is 1.43. The molecule has 150 valence electrons. The number of aliphatic hydroxyl groups is 1. The second-order valence-corrected chi connectivity index (χ2v) is 8.25. The van der Waals surface area contributed by atoms with E-state index in [1.807, 2.05) is 0 Å². The molecule has 2 N–H and O–H groups in total. The summed E-state index contributed by atoms with van der Waals surface area (Å²) in [6.45, 7) is 4.63. The molecule has 1 heterocycles. The lowest BCUT2D eigenvalue weighted by molar-refractivity contribution is 0.271. The van der Waals surface area contributed by atoms with Gasteiger partial charge in [-0.1, -0.05) is 78.4 Å². The number of nitrogens with one attached hydrogen (secondary N) is 1. The zero-order valence-corrected chi connectivity index (χ0v) is 17.3. The van der Waals surface area contributed by atoms with Crippen LogP contribution in [0.4, 0.5) is 0 Å². The Bertz CT molecular complexity index is 901. The predicted molar refractivity (Wildman–Crippen MR) is 122 cm³/mol. The van der Waals surface area contributed by atoms with Crippen LogP contribution in [-0.2, 0) is 0 Å². The van der Waals surface area contributed by atoms with Crippen LogP contribution in [0, 0.1) is 18.8 Å². The fraction of sp³-hybridized carbons (Fsp3) is 0.333. The van der Waals surface area contributed by atoms with Crippen LogP contribution < -0.4 is 5.32 Å². The minimum absolute atomic E-state index is 0.211. The molecule has 1 unspecified atom stereocenters. The van der Waals surface area contributed by atoms with Gasteiger partial charge in [-0.2, -0.15) is 0 Å². The first-order valence-corrected chi connectivity index (χ1v) is 10.8. The maximum absolute atomic E-state index is 9.53. The van der Waals surface area contributed by atoms with E-state index in [0.29, 0.717) is 5.92 Å². The molecule has 1 fully saturated rings. The van der Waals surface area contributed by atoms with Gasteiger partial charge in [0.2, 0.25) is 0 Å². The number of hydrogen-bond donors (Lipinski definition) is 2. The van der Waals surface area contributed by atoms with Gasteiger partial charge in [-0.15, -0.1) is 0 Å². The molecule has 29 heavy (non-hydrogen) atoms. The summed E-state index contributed by atoms with van der Waals surface area (Å²) in [5, 5.41) is 12.9. The van der Waals surface area contributed by atoms with E-state index in [9.17, 15) is 5.11 Å². The number of allylic oxidation sites excluding steroid dienone is 6. The van der Waals surface area contributed by atoms with Crippen LogP contribution >= 0.6 is 0 Å². The quantitative estimate of drug-likeness (QED) is 0.626. The SMILES string of the molecule is Cc1ccc(/C(C2=CCC(C3CNC3)C=C2)=C(\CCCO)c2ccccc2)cc1. The molecule has 0 bridgehead atoms. The fourth-order valence-electron chi connectivity index (χ4n) is 4.33. The lowest BCUT2D eigenvalue weighted by atomic mass is 9.79. The standard InChI is InChI=1S/C27H31NO/c1-20-9-11-23(12-10-20)27(24-15-13-21(14-16-24)25-18-28-19-25)26(8-5-17-29)22-6-3-2-4-7-22/h2-4,6-7,9-13,15-16,21,25,28-29H,5,8,14,17-19H2,1H3/b27-26-. The van der Waals surface area contributed by atoms with Crippen LogP contribution in [-0.4, -0.2) is 24.8 Å². The summed E-state index contributed by atoms with van der Waals surface area (Å²) in [4.78, 5) is 0. The topological polar surface area (TPSA) is 32.3 Å². The number of benzene rings is 2. The van der Waals surface area contributed by atoms with Gasteiger partial charge in [0.15, 0.2) is 0 Å². The average molecular weight is 386 g/mol. The number of hydrogen-bond acceptors (Lipinski definition) is 2. The lowest BCUT2D eigenvalue weighted by Gasteiger charge is -2.34. The van der Waals surface area contributed by atoms with Gasteiger partial charge in [-0.3, -0.25) is 0 Å². The van der Waals surface area contributed by atoms with Crippen molar-refractivity contribution in [1.29, 1.82) is 0 Å². The van der Waals surface area contributed by atoms with E-state index in [-0.39, 0.29) is 6.61 Å². The van der Waals surface area contributed by atoms with Gasteiger partial charge in [0.25, 0.3) is 0 Å². The fourth-order valence-corrected chi connectivity index (χ4v) is 4.33. The second-order valence-electron chi connectivity index (χ2n) is 8.25. The highest BCUT2D eigenvalue weighted by molar-refractivity contribution is 5.99. The normalized spacial score (nSPS) is 20.1. The summed E-state index contributed by atoms with van der Waals surface area (Å²) in [6.07, 6.45) is 9.93. The zero-order chi connectivity index (χ0) is 20.1. The van der Waals surface area contributed by atoms with Crippen LogP contribution in [0.1, 0.15) is 36.0 Å². The molecular weight excluding hydrogens is 354 g/mol. The van der Waals surface area contributed by atoms with Crippen LogP contribution in [0.15, 0.2) is 78.4 Å². The van der Waals surface area contributed by atoms with Gasteiger partial charge in [0.1, 0.15) is 0 Å². The van der Waals surface area contributed by atoms with Crippen LogP contribution in [0.3, 0.4) is 0 Å². The van der Waals surface area contributed by atoms with Crippen molar-refractivity contribution in [2.24, 2.45) is 11.8 Å². The van der Waals surface area contributed by atoms with Crippen LogP contribution in [0.5, 0.6) is 0 Å². The first-order valence-electron chi connectivity index (χ1n) is 10.8. The third kappa shape index (κ3) is 4.60. The maximum atomic E-state index is 9.53. The minimum Gasteiger partial charge on any atom is -0.396 e. The van der Waals surface area contributed by atoms with Gasteiger partial charge < -0.3 is 10.4 Å². The van der Waals surface area contributed by atoms with Crippen LogP contribution in [0.25, 0.3) is 11.1 Å². The monoisotopic (exact) mass is 385 g/mol. The van der Waals surface area contributed by atoms with E-state index >= 15 is 0 Å². The van der Waals surface area contributed by atoms with Crippen molar-refractivity contribution in [3.8, 4) is 0 Å². The van der Waals surface area contributed by atoms with E-state index in [0.717, 1.165) is 38.3 Å². The molecular formula is C27H31NO. The van der Waals surface area contributed by atoms with E-state index in [4.69, 9.17) is 0 Å². The number of rotatable bonds is 7. The van der Waals surface area contributed by atoms with E-state index in [1.54, 1.807) is 0 Å². The van der Waals surface area contributed by atoms with Gasteiger partial charge in [0.05, 0.1) is 0 Å². The molecule has 1 atom stereocenters. The summed E-state index contributed by atoms with van der Waals surface area (Å²) in [6, 6.07) is 19.5. The van der Waals surface area contributed by atoms with Crippen molar-refractivity contribution in [1.82, 2.24) is 5.32 Å². The molecule has 2 heteroatoms. The molecule has 0 aromatic heterocycles. The Morgan fingerprint density at radius 3 is 2.34 bits per heavy atom. The number of aryl methyl sites for hydroxylation is 1. The smallest absolute Gasteiger partial charge is 0.0434 e. The molecule has 2 aliphatic rings. The maximum Gasteiger partial charge on any atom is 0.0434 e. The molecule has 2 nitrogen and oxygen atoms in total. The van der Waals surface area contributed by atoms with Gasteiger partial charge in [0, 0.05) is 6.61 Å². The van der Waals surface area contributed by atoms with Crippen molar-refractivity contribution >= 4 is 11.1 Å². The number of aliphatic hydroxyl groups excluding tert-OH is 1. The highest BCUT2D eigenvalue weighted by atomic mass is 16.2. The summed E-state index contributed by atoms with van der Waals surface area (Å²) >= 11 is 0. The summed E-state index contributed by atoms with van der Waals surface area (Å²) in [5.41, 5.74) is 7.72. The Labute approximate surface area is 174 Å². The van der Waals surface area contributed by atoms with E-state index < -0.39 is 0 Å². The Balaban J connectivity index is 1.78. The van der Waals surface area contributed by atoms with Gasteiger partial charge in [-0.25, -0.2) is 0 Å². The van der Waals surface area contributed by atoms with E-state index in [2.05, 4.69) is 85.1 Å². The third-order valence-corrected chi connectivity index (χ3v) is 6.19. The van der Waals surface area contributed by atoms with Gasteiger partial charge >= 0.3 is 0 Å². The first-order chi connectivity index (χ1) is 14.3. The average Bonchev–Trinajstić information content (AvgIpc) is 2.72. The zero-order valence-electron chi connectivity index (χ0n) is 17.3. The molecule has 0 saturated carbocycles. The first kappa shape index (κ1) is 19.9. The molecule has 4 rings (SSSR count). The van der Waals surface area contributed by atoms with Crippen molar-refractivity contribution in [2.75, 3.05) is 19.7 Å². The molecule has 1 aliphatic carbocycles.